The van der Waals surface area contributed by atoms with Gasteiger partial charge in [-0.05, 0) is 36.6 Å². The molecule has 1 amide bonds. The van der Waals surface area contributed by atoms with Gasteiger partial charge in [-0.15, -0.1) is 0 Å². The molecule has 1 saturated carbocycles. The molecule has 0 saturated heterocycles. The average molecular weight is 258 g/mol. The number of ether oxygens (including phenoxy) is 1. The molecule has 1 aromatic carbocycles. The van der Waals surface area contributed by atoms with Crippen LogP contribution in [0.15, 0.2) is 23.8 Å². The highest BCUT2D eigenvalue weighted by Gasteiger charge is 2.24. The number of hydrogen-bond donors (Lipinski definition) is 2. The van der Waals surface area contributed by atoms with Gasteiger partial charge in [0.1, 0.15) is 11.6 Å². The molecule has 1 aromatic rings. The van der Waals surface area contributed by atoms with Crippen molar-refractivity contribution in [2.24, 2.45) is 0 Å². The summed E-state index contributed by atoms with van der Waals surface area (Å²) in [6.45, 7) is 0. The molecule has 0 bridgehead atoms. The molecule has 0 aromatic heterocycles. The molecule has 0 aliphatic heterocycles. The number of aromatic hydroxyl groups is 1. The summed E-state index contributed by atoms with van der Waals surface area (Å²) in [5, 5.41) is 21.4. The van der Waals surface area contributed by atoms with Crippen molar-refractivity contribution in [2.75, 3.05) is 7.11 Å². The van der Waals surface area contributed by atoms with Crippen LogP contribution in [-0.4, -0.2) is 24.2 Å². The van der Waals surface area contributed by atoms with Gasteiger partial charge in [-0.1, -0.05) is 6.07 Å². The highest BCUT2D eigenvalue weighted by molar-refractivity contribution is 6.02. The molecule has 1 fully saturated rings. The molecular formula is C14H14N2O3. The van der Waals surface area contributed by atoms with Crippen LogP contribution in [0.3, 0.4) is 0 Å². The van der Waals surface area contributed by atoms with E-state index >= 15 is 0 Å². The smallest absolute Gasteiger partial charge is 0.262 e. The van der Waals surface area contributed by atoms with E-state index in [1.165, 1.54) is 19.3 Å². The number of carbonyl (C=O) groups excluding carboxylic acids is 1. The van der Waals surface area contributed by atoms with Gasteiger partial charge in [0.05, 0.1) is 7.11 Å². The fourth-order valence-electron chi connectivity index (χ4n) is 1.60. The zero-order valence-electron chi connectivity index (χ0n) is 10.5. The maximum atomic E-state index is 11.7. The first-order valence-electron chi connectivity index (χ1n) is 5.93. The summed E-state index contributed by atoms with van der Waals surface area (Å²) >= 11 is 0. The van der Waals surface area contributed by atoms with Crippen LogP contribution in [0.25, 0.3) is 6.08 Å². The van der Waals surface area contributed by atoms with Crippen molar-refractivity contribution in [1.82, 2.24) is 5.32 Å². The summed E-state index contributed by atoms with van der Waals surface area (Å²) in [4.78, 5) is 11.7. The number of amides is 1. The lowest BCUT2D eigenvalue weighted by Gasteiger charge is -2.04. The van der Waals surface area contributed by atoms with Crippen molar-refractivity contribution in [3.63, 3.8) is 0 Å². The molecule has 5 heteroatoms. The maximum absolute atomic E-state index is 11.7. The molecule has 98 valence electrons. The summed E-state index contributed by atoms with van der Waals surface area (Å²) < 4.78 is 4.92. The van der Waals surface area contributed by atoms with Crippen molar-refractivity contribution < 1.29 is 14.6 Å². The molecule has 2 rings (SSSR count). The van der Waals surface area contributed by atoms with E-state index in [4.69, 9.17) is 10.00 Å². The lowest BCUT2D eigenvalue weighted by molar-refractivity contribution is -0.117. The van der Waals surface area contributed by atoms with E-state index in [0.717, 1.165) is 12.8 Å². The third kappa shape index (κ3) is 3.26. The summed E-state index contributed by atoms with van der Waals surface area (Å²) in [5.41, 5.74) is 0.595. The van der Waals surface area contributed by atoms with E-state index in [1.54, 1.807) is 12.1 Å². The Kier molecular flexibility index (Phi) is 3.71. The van der Waals surface area contributed by atoms with Gasteiger partial charge in [0.25, 0.3) is 5.91 Å². The van der Waals surface area contributed by atoms with E-state index in [2.05, 4.69) is 5.32 Å². The van der Waals surface area contributed by atoms with E-state index in [0.29, 0.717) is 11.3 Å². The lowest BCUT2D eigenvalue weighted by Crippen LogP contribution is -2.26. The quantitative estimate of drug-likeness (QED) is 0.634. The minimum atomic E-state index is -0.375. The number of rotatable bonds is 4. The number of carbonyl (C=O) groups is 1. The van der Waals surface area contributed by atoms with Gasteiger partial charge in [-0.2, -0.15) is 5.26 Å². The summed E-state index contributed by atoms with van der Waals surface area (Å²) in [6, 6.07) is 6.76. The minimum Gasteiger partial charge on any atom is -0.504 e. The van der Waals surface area contributed by atoms with E-state index in [9.17, 15) is 9.90 Å². The van der Waals surface area contributed by atoms with Crippen molar-refractivity contribution in [2.45, 2.75) is 18.9 Å². The molecule has 19 heavy (non-hydrogen) atoms. The Labute approximate surface area is 111 Å². The number of nitrogens with zero attached hydrogens (tertiary/aromatic N) is 1. The van der Waals surface area contributed by atoms with Gasteiger partial charge in [0, 0.05) is 6.04 Å². The summed E-state index contributed by atoms with van der Waals surface area (Å²) in [7, 11) is 1.45. The molecular weight excluding hydrogens is 244 g/mol. The number of nitriles is 1. The van der Waals surface area contributed by atoms with Crippen LogP contribution < -0.4 is 10.1 Å². The van der Waals surface area contributed by atoms with Gasteiger partial charge in [-0.25, -0.2) is 0 Å². The largest absolute Gasteiger partial charge is 0.504 e. The first-order chi connectivity index (χ1) is 9.13. The maximum Gasteiger partial charge on any atom is 0.262 e. The molecule has 0 unspecified atom stereocenters. The molecule has 0 heterocycles. The Morgan fingerprint density at radius 2 is 2.32 bits per heavy atom. The molecule has 1 aliphatic carbocycles. The van der Waals surface area contributed by atoms with Crippen molar-refractivity contribution in [3.05, 3.63) is 29.3 Å². The second-order valence-corrected chi connectivity index (χ2v) is 4.35. The average Bonchev–Trinajstić information content (AvgIpc) is 3.20. The number of nitrogens with one attached hydrogen (secondary N) is 1. The molecule has 1 aliphatic rings. The predicted octanol–water partition coefficient (Wildman–Crippen LogP) is 1.59. The fourth-order valence-corrected chi connectivity index (χ4v) is 1.60. The normalized spacial score (nSPS) is 14.6. The van der Waals surface area contributed by atoms with Gasteiger partial charge >= 0.3 is 0 Å². The van der Waals surface area contributed by atoms with E-state index in [1.807, 2.05) is 6.07 Å². The Hall–Kier alpha value is -2.48. The lowest BCUT2D eigenvalue weighted by atomic mass is 10.1. The Morgan fingerprint density at radius 3 is 2.84 bits per heavy atom. The van der Waals surface area contributed by atoms with Crippen LogP contribution in [0, 0.1) is 11.3 Å². The summed E-state index contributed by atoms with van der Waals surface area (Å²) in [6.07, 6.45) is 3.37. The zero-order valence-corrected chi connectivity index (χ0v) is 10.5. The number of phenols is 1. The SMILES string of the molecule is COc1ccc(/C=C(\C#N)C(=O)NC2CC2)cc1O. The van der Waals surface area contributed by atoms with Crippen LogP contribution >= 0.6 is 0 Å². The number of phenolic OH excluding ortho intramolecular Hbond substituents is 1. The number of methoxy groups -OCH3 is 1. The topological polar surface area (TPSA) is 82.3 Å². The molecule has 2 N–H and O–H groups in total. The second-order valence-electron chi connectivity index (χ2n) is 4.35. The molecule has 5 nitrogen and oxygen atoms in total. The van der Waals surface area contributed by atoms with Gasteiger partial charge in [-0.3, -0.25) is 4.79 Å². The Bertz CT molecular complexity index is 569. The zero-order chi connectivity index (χ0) is 13.8. The van der Waals surface area contributed by atoms with Crippen molar-refractivity contribution in [1.29, 1.82) is 5.26 Å². The third-order valence-corrected chi connectivity index (χ3v) is 2.79. The van der Waals surface area contributed by atoms with Gasteiger partial charge in [0.2, 0.25) is 0 Å². The molecule has 0 spiro atoms. The third-order valence-electron chi connectivity index (χ3n) is 2.79. The second kappa shape index (κ2) is 5.44. The molecule has 0 atom stereocenters. The van der Waals surface area contributed by atoms with Crippen molar-refractivity contribution >= 4 is 12.0 Å². The number of benzene rings is 1. The highest BCUT2D eigenvalue weighted by Crippen LogP contribution is 2.27. The Balaban J connectivity index is 2.19. The number of hydrogen-bond acceptors (Lipinski definition) is 4. The fraction of sp³-hybridized carbons (Fsp3) is 0.286. The van der Waals surface area contributed by atoms with Crippen molar-refractivity contribution in [3.8, 4) is 17.6 Å². The van der Waals surface area contributed by atoms with E-state index < -0.39 is 0 Å². The van der Waals surface area contributed by atoms with Crippen LogP contribution in [0.5, 0.6) is 11.5 Å². The monoisotopic (exact) mass is 258 g/mol. The van der Waals surface area contributed by atoms with Crippen LogP contribution in [0.2, 0.25) is 0 Å². The van der Waals surface area contributed by atoms with Crippen LogP contribution in [0.1, 0.15) is 18.4 Å². The van der Waals surface area contributed by atoms with E-state index in [-0.39, 0.29) is 23.3 Å². The standard InChI is InChI=1S/C14H14N2O3/c1-19-13-5-2-9(7-12(13)17)6-10(8-15)14(18)16-11-3-4-11/h2,5-7,11,17H,3-4H2,1H3,(H,16,18)/b10-6+. The first kappa shape index (κ1) is 13.0. The van der Waals surface area contributed by atoms with Gasteiger partial charge < -0.3 is 15.2 Å². The minimum absolute atomic E-state index is 0.0245. The highest BCUT2D eigenvalue weighted by atomic mass is 16.5. The van der Waals surface area contributed by atoms with Crippen LogP contribution in [0.4, 0.5) is 0 Å². The van der Waals surface area contributed by atoms with Gasteiger partial charge in [0.15, 0.2) is 11.5 Å². The first-order valence-corrected chi connectivity index (χ1v) is 5.93. The molecule has 0 radical (unpaired) electrons. The predicted molar refractivity (Wildman–Crippen MR) is 69.4 cm³/mol. The van der Waals surface area contributed by atoms with Crippen LogP contribution in [-0.2, 0) is 4.79 Å². The summed E-state index contributed by atoms with van der Waals surface area (Å²) in [5.74, 6) is -0.0606. The Morgan fingerprint density at radius 1 is 1.58 bits per heavy atom.